The molecular weight excluding hydrogens is 370 g/mol. The lowest BCUT2D eigenvalue weighted by Gasteiger charge is -2.14. The standard InChI is InChI=1S/C22H23N3O2S/c1-14-20-18(25(24-14)16-6-3-2-4-7-16)10-9-15-12-19(28-21(15)20)22(26)23-13-17-8-5-11-27-17/h2-4,6-7,12,17H,5,8-11,13H2,1H3,(H,23,26). The topological polar surface area (TPSA) is 56.2 Å². The fourth-order valence-corrected chi connectivity index (χ4v) is 5.42. The SMILES string of the molecule is Cc1nn(-c2ccccc2)c2c1-c1sc(C(=O)NCC3CCCO3)cc1CC2. The summed E-state index contributed by atoms with van der Waals surface area (Å²) < 4.78 is 7.67. The zero-order valence-corrected chi connectivity index (χ0v) is 16.7. The van der Waals surface area contributed by atoms with Gasteiger partial charge in [-0.3, -0.25) is 4.79 Å². The normalized spacial score (nSPS) is 18.0. The lowest BCUT2D eigenvalue weighted by Crippen LogP contribution is -2.31. The number of fused-ring (bicyclic) bond motifs is 3. The van der Waals surface area contributed by atoms with Crippen molar-refractivity contribution in [2.24, 2.45) is 0 Å². The lowest BCUT2D eigenvalue weighted by atomic mass is 9.95. The van der Waals surface area contributed by atoms with Gasteiger partial charge in [-0.25, -0.2) is 4.68 Å². The number of nitrogens with one attached hydrogen (secondary N) is 1. The van der Waals surface area contributed by atoms with E-state index in [1.807, 2.05) is 18.2 Å². The molecule has 0 radical (unpaired) electrons. The molecule has 6 heteroatoms. The molecule has 3 aromatic rings. The van der Waals surface area contributed by atoms with Gasteiger partial charge in [-0.05, 0) is 56.4 Å². The van der Waals surface area contributed by atoms with E-state index in [4.69, 9.17) is 9.84 Å². The van der Waals surface area contributed by atoms with Gasteiger partial charge in [-0.2, -0.15) is 5.10 Å². The summed E-state index contributed by atoms with van der Waals surface area (Å²) in [5.41, 5.74) is 5.81. The Hall–Kier alpha value is -2.44. The van der Waals surface area contributed by atoms with Gasteiger partial charge in [0.25, 0.3) is 5.91 Å². The highest BCUT2D eigenvalue weighted by atomic mass is 32.1. The van der Waals surface area contributed by atoms with E-state index in [9.17, 15) is 4.79 Å². The van der Waals surface area contributed by atoms with Gasteiger partial charge < -0.3 is 10.1 Å². The molecule has 1 aliphatic carbocycles. The molecule has 1 aromatic carbocycles. The number of thiophene rings is 1. The lowest BCUT2D eigenvalue weighted by molar-refractivity contribution is 0.0861. The van der Waals surface area contributed by atoms with Crippen molar-refractivity contribution >= 4 is 17.2 Å². The second-order valence-electron chi connectivity index (χ2n) is 7.46. The summed E-state index contributed by atoms with van der Waals surface area (Å²) >= 11 is 1.59. The highest BCUT2D eigenvalue weighted by Crippen LogP contribution is 2.42. The van der Waals surface area contributed by atoms with Crippen molar-refractivity contribution in [3.63, 3.8) is 0 Å². The largest absolute Gasteiger partial charge is 0.376 e. The summed E-state index contributed by atoms with van der Waals surface area (Å²) in [6.45, 7) is 3.46. The van der Waals surface area contributed by atoms with E-state index in [1.165, 1.54) is 21.7 Å². The minimum atomic E-state index is 0.00422. The third-order valence-corrected chi connectivity index (χ3v) is 6.76. The third kappa shape index (κ3) is 3.06. The van der Waals surface area contributed by atoms with Gasteiger partial charge in [0.2, 0.25) is 0 Å². The summed E-state index contributed by atoms with van der Waals surface area (Å²) in [7, 11) is 0. The molecule has 2 aliphatic rings. The zero-order valence-electron chi connectivity index (χ0n) is 15.9. The molecule has 0 spiro atoms. The van der Waals surface area contributed by atoms with Crippen LogP contribution in [0.15, 0.2) is 36.4 Å². The maximum atomic E-state index is 12.7. The van der Waals surface area contributed by atoms with Crippen LogP contribution >= 0.6 is 11.3 Å². The molecule has 1 atom stereocenters. The average molecular weight is 394 g/mol. The Balaban J connectivity index is 1.44. The maximum absolute atomic E-state index is 12.7. The van der Waals surface area contributed by atoms with Gasteiger partial charge in [0.15, 0.2) is 0 Å². The first kappa shape index (κ1) is 17.6. The first-order valence-corrected chi connectivity index (χ1v) is 10.7. The number of aryl methyl sites for hydroxylation is 2. The quantitative estimate of drug-likeness (QED) is 0.731. The van der Waals surface area contributed by atoms with E-state index in [1.54, 1.807) is 11.3 Å². The number of rotatable bonds is 4. The highest BCUT2D eigenvalue weighted by Gasteiger charge is 2.28. The van der Waals surface area contributed by atoms with Crippen LogP contribution in [0.3, 0.4) is 0 Å². The maximum Gasteiger partial charge on any atom is 0.261 e. The van der Waals surface area contributed by atoms with Gasteiger partial charge in [0, 0.05) is 23.6 Å². The first-order valence-electron chi connectivity index (χ1n) is 9.87. The molecule has 1 amide bonds. The van der Waals surface area contributed by atoms with Crippen LogP contribution in [0.25, 0.3) is 16.1 Å². The molecular formula is C22H23N3O2S. The molecule has 1 unspecified atom stereocenters. The van der Waals surface area contributed by atoms with Crippen LogP contribution in [0, 0.1) is 6.92 Å². The average Bonchev–Trinajstić information content (AvgIpc) is 3.45. The molecule has 5 rings (SSSR count). The van der Waals surface area contributed by atoms with Gasteiger partial charge in [0.05, 0.1) is 28.1 Å². The molecule has 0 saturated carbocycles. The fourth-order valence-electron chi connectivity index (χ4n) is 4.17. The molecule has 5 nitrogen and oxygen atoms in total. The molecule has 2 aromatic heterocycles. The Kier molecular flexibility index (Phi) is 4.53. The van der Waals surface area contributed by atoms with Crippen molar-refractivity contribution < 1.29 is 9.53 Å². The van der Waals surface area contributed by atoms with E-state index in [0.717, 1.165) is 48.5 Å². The molecule has 3 heterocycles. The minimum Gasteiger partial charge on any atom is -0.376 e. The van der Waals surface area contributed by atoms with E-state index in [0.29, 0.717) is 6.54 Å². The van der Waals surface area contributed by atoms with Gasteiger partial charge in [-0.15, -0.1) is 11.3 Å². The van der Waals surface area contributed by atoms with Crippen LogP contribution < -0.4 is 5.32 Å². The van der Waals surface area contributed by atoms with Gasteiger partial charge in [0.1, 0.15) is 0 Å². The van der Waals surface area contributed by atoms with E-state index >= 15 is 0 Å². The highest BCUT2D eigenvalue weighted by molar-refractivity contribution is 7.17. The summed E-state index contributed by atoms with van der Waals surface area (Å²) in [4.78, 5) is 14.6. The number of nitrogens with zero attached hydrogens (tertiary/aromatic N) is 2. The van der Waals surface area contributed by atoms with Crippen LogP contribution in [0.5, 0.6) is 0 Å². The number of carbonyl (C=O) groups excluding carboxylic acids is 1. The Morgan fingerprint density at radius 2 is 2.18 bits per heavy atom. The molecule has 1 aliphatic heterocycles. The number of ether oxygens (including phenoxy) is 1. The van der Waals surface area contributed by atoms with Gasteiger partial charge in [-0.1, -0.05) is 18.2 Å². The third-order valence-electron chi connectivity index (χ3n) is 5.56. The van der Waals surface area contributed by atoms with Crippen molar-refractivity contribution in [3.05, 3.63) is 58.2 Å². The number of aromatic nitrogens is 2. The molecule has 28 heavy (non-hydrogen) atoms. The zero-order chi connectivity index (χ0) is 19.1. The van der Waals surface area contributed by atoms with Crippen LogP contribution in [-0.2, 0) is 17.6 Å². The second-order valence-corrected chi connectivity index (χ2v) is 8.52. The summed E-state index contributed by atoms with van der Waals surface area (Å²) in [6, 6.07) is 12.3. The van der Waals surface area contributed by atoms with Crippen molar-refractivity contribution in [1.82, 2.24) is 15.1 Å². The summed E-state index contributed by atoms with van der Waals surface area (Å²) in [6.07, 6.45) is 4.15. The smallest absolute Gasteiger partial charge is 0.261 e. The minimum absolute atomic E-state index is 0.00422. The van der Waals surface area contributed by atoms with Crippen molar-refractivity contribution in [2.45, 2.75) is 38.7 Å². The predicted molar refractivity (Wildman–Crippen MR) is 110 cm³/mol. The molecule has 1 N–H and O–H groups in total. The van der Waals surface area contributed by atoms with E-state index < -0.39 is 0 Å². The molecule has 1 saturated heterocycles. The van der Waals surface area contributed by atoms with E-state index in [2.05, 4.69) is 35.1 Å². The van der Waals surface area contributed by atoms with E-state index in [-0.39, 0.29) is 12.0 Å². The monoisotopic (exact) mass is 393 g/mol. The number of hydrogen-bond donors (Lipinski definition) is 1. The predicted octanol–water partition coefficient (Wildman–Crippen LogP) is 3.92. The van der Waals surface area contributed by atoms with Crippen LogP contribution in [-0.4, -0.2) is 34.9 Å². The van der Waals surface area contributed by atoms with Crippen LogP contribution in [0.4, 0.5) is 0 Å². The number of carbonyl (C=O) groups is 1. The number of hydrogen-bond acceptors (Lipinski definition) is 4. The molecule has 1 fully saturated rings. The summed E-state index contributed by atoms with van der Waals surface area (Å²) in [5, 5.41) is 7.86. The Morgan fingerprint density at radius 3 is 2.96 bits per heavy atom. The fraction of sp³-hybridized carbons (Fsp3) is 0.364. The van der Waals surface area contributed by atoms with Gasteiger partial charge >= 0.3 is 0 Å². The van der Waals surface area contributed by atoms with Crippen molar-refractivity contribution in [2.75, 3.05) is 13.2 Å². The van der Waals surface area contributed by atoms with Crippen LogP contribution in [0.2, 0.25) is 0 Å². The second kappa shape index (κ2) is 7.18. The van der Waals surface area contributed by atoms with Crippen molar-refractivity contribution in [3.8, 4) is 16.1 Å². The number of benzene rings is 1. The number of amides is 1. The first-order chi connectivity index (χ1) is 13.7. The van der Waals surface area contributed by atoms with Crippen molar-refractivity contribution in [1.29, 1.82) is 0 Å². The Morgan fingerprint density at radius 1 is 1.32 bits per heavy atom. The molecule has 144 valence electrons. The Labute approximate surface area is 168 Å². The Bertz CT molecular complexity index is 1020. The summed E-state index contributed by atoms with van der Waals surface area (Å²) in [5.74, 6) is 0.00422. The number of para-hydroxylation sites is 1. The van der Waals surface area contributed by atoms with Crippen LogP contribution in [0.1, 0.15) is 39.5 Å². The molecule has 0 bridgehead atoms.